The van der Waals surface area contributed by atoms with Gasteiger partial charge in [0.05, 0.1) is 24.7 Å². The Hall–Kier alpha value is -2.58. The fraction of sp³-hybridized carbons (Fsp3) is 0.409. The van der Waals surface area contributed by atoms with Gasteiger partial charge in [0.1, 0.15) is 5.75 Å². The molecule has 5 nitrogen and oxygen atoms in total. The zero-order valence-electron chi connectivity index (χ0n) is 16.5. The summed E-state index contributed by atoms with van der Waals surface area (Å²) in [6, 6.07) is 11.9. The van der Waals surface area contributed by atoms with Crippen LogP contribution in [0, 0.1) is 5.92 Å². The number of benzene rings is 2. The maximum Gasteiger partial charge on any atom is 0.416 e. The number of ether oxygens (including phenoxy) is 1. The Balaban J connectivity index is 1.53. The summed E-state index contributed by atoms with van der Waals surface area (Å²) in [6.45, 7) is 3.40. The number of carbonyl (C=O) groups is 1. The topological polar surface area (TPSA) is 70.0 Å². The number of hydrogen-bond acceptors (Lipinski definition) is 4. The maximum atomic E-state index is 13.2. The van der Waals surface area contributed by atoms with E-state index in [9.17, 15) is 23.1 Å². The first-order chi connectivity index (χ1) is 14.1. The number of likely N-dealkylation sites (tertiary alicyclic amines) is 1. The van der Waals surface area contributed by atoms with Crippen molar-refractivity contribution in [2.24, 2.45) is 5.92 Å². The van der Waals surface area contributed by atoms with E-state index in [-0.39, 0.29) is 17.5 Å². The highest BCUT2D eigenvalue weighted by molar-refractivity contribution is 5.67. The Labute approximate surface area is 172 Å². The van der Waals surface area contributed by atoms with E-state index in [1.54, 1.807) is 37.3 Å². The van der Waals surface area contributed by atoms with Crippen molar-refractivity contribution in [2.75, 3.05) is 19.7 Å². The molecule has 3 rings (SSSR count). The maximum absolute atomic E-state index is 13.2. The van der Waals surface area contributed by atoms with Crippen LogP contribution in [0.3, 0.4) is 0 Å². The molecule has 8 heteroatoms. The van der Waals surface area contributed by atoms with E-state index in [0.29, 0.717) is 31.0 Å². The van der Waals surface area contributed by atoms with Crippen LogP contribution in [0.1, 0.15) is 42.2 Å². The van der Waals surface area contributed by atoms with Crippen molar-refractivity contribution in [3.05, 3.63) is 65.2 Å². The lowest BCUT2D eigenvalue weighted by Crippen LogP contribution is -2.50. The lowest BCUT2D eigenvalue weighted by atomic mass is 9.93. The zero-order chi connectivity index (χ0) is 21.9. The van der Waals surface area contributed by atoms with Crippen molar-refractivity contribution >= 4 is 5.97 Å². The van der Waals surface area contributed by atoms with Crippen LogP contribution >= 0.6 is 0 Å². The third-order valence-electron chi connectivity index (χ3n) is 5.35. The van der Waals surface area contributed by atoms with Gasteiger partial charge >= 0.3 is 12.1 Å². The molecule has 0 radical (unpaired) electrons. The average molecular weight is 423 g/mol. The Morgan fingerprint density at radius 2 is 1.90 bits per heavy atom. The van der Waals surface area contributed by atoms with Gasteiger partial charge in [0.2, 0.25) is 0 Å². The SMILES string of the molecule is CC(c1ccccc1C(F)(F)F)N1CC(COc2cccc([C@H](O)CC(=O)O)c2)C1. The van der Waals surface area contributed by atoms with Crippen LogP contribution in [0.25, 0.3) is 0 Å². The standard InChI is InChI=1S/C22H24F3NO4/c1-14(18-7-2-3-8-19(18)22(23,24)25)26-11-15(12-26)13-30-17-6-4-5-16(9-17)20(27)10-21(28)29/h2-9,14-15,20,27H,10-13H2,1H3,(H,28,29)/t14?,20-/m1/s1. The molecule has 2 aromatic rings. The smallest absolute Gasteiger partial charge is 0.416 e. The number of hydrogen-bond donors (Lipinski definition) is 2. The van der Waals surface area contributed by atoms with Crippen molar-refractivity contribution < 1.29 is 32.9 Å². The lowest BCUT2D eigenvalue weighted by Gasteiger charge is -2.43. The second-order valence-electron chi connectivity index (χ2n) is 7.58. The minimum atomic E-state index is -4.38. The molecule has 2 aromatic carbocycles. The molecule has 0 spiro atoms. The Morgan fingerprint density at radius 1 is 1.20 bits per heavy atom. The van der Waals surface area contributed by atoms with Crippen LogP contribution in [0.2, 0.25) is 0 Å². The predicted molar refractivity (Wildman–Crippen MR) is 104 cm³/mol. The van der Waals surface area contributed by atoms with E-state index in [0.717, 1.165) is 6.07 Å². The second-order valence-corrected chi connectivity index (χ2v) is 7.58. The lowest BCUT2D eigenvalue weighted by molar-refractivity contribution is -0.140. The van der Waals surface area contributed by atoms with Gasteiger partial charge in [0.25, 0.3) is 0 Å². The monoisotopic (exact) mass is 423 g/mol. The van der Waals surface area contributed by atoms with E-state index in [4.69, 9.17) is 9.84 Å². The van der Waals surface area contributed by atoms with Gasteiger partial charge in [-0.05, 0) is 36.2 Å². The third-order valence-corrected chi connectivity index (χ3v) is 5.35. The highest BCUT2D eigenvalue weighted by atomic mass is 19.4. The molecular weight excluding hydrogens is 399 g/mol. The molecule has 2 N–H and O–H groups in total. The predicted octanol–water partition coefficient (Wildman–Crippen LogP) is 4.29. The van der Waals surface area contributed by atoms with Crippen LogP contribution in [0.5, 0.6) is 5.75 Å². The van der Waals surface area contributed by atoms with E-state index >= 15 is 0 Å². The van der Waals surface area contributed by atoms with E-state index < -0.39 is 30.2 Å². The summed E-state index contributed by atoms with van der Waals surface area (Å²) < 4.78 is 45.5. The Bertz CT molecular complexity index is 881. The Kier molecular flexibility index (Phi) is 6.67. The van der Waals surface area contributed by atoms with Crippen LogP contribution < -0.4 is 4.74 Å². The summed E-state index contributed by atoms with van der Waals surface area (Å²) >= 11 is 0. The third kappa shape index (κ3) is 5.31. The molecule has 0 aliphatic carbocycles. The molecule has 0 bridgehead atoms. The van der Waals surface area contributed by atoms with Gasteiger partial charge in [-0.1, -0.05) is 30.3 Å². The number of aliphatic hydroxyl groups is 1. The molecule has 1 aliphatic rings. The number of carboxylic acid groups (broad SMARTS) is 1. The summed E-state index contributed by atoms with van der Waals surface area (Å²) in [5.41, 5.74) is 0.126. The molecule has 1 heterocycles. The highest BCUT2D eigenvalue weighted by Gasteiger charge is 2.38. The van der Waals surface area contributed by atoms with Crippen molar-refractivity contribution in [2.45, 2.75) is 31.7 Å². The van der Waals surface area contributed by atoms with Crippen molar-refractivity contribution in [1.82, 2.24) is 4.90 Å². The van der Waals surface area contributed by atoms with E-state index in [2.05, 4.69) is 0 Å². The van der Waals surface area contributed by atoms with Crippen LogP contribution in [-0.4, -0.2) is 40.8 Å². The number of rotatable bonds is 8. The Morgan fingerprint density at radius 3 is 2.57 bits per heavy atom. The summed E-state index contributed by atoms with van der Waals surface area (Å²) in [5.74, 6) is -0.395. The van der Waals surface area contributed by atoms with Crippen LogP contribution in [-0.2, 0) is 11.0 Å². The van der Waals surface area contributed by atoms with E-state index in [1.807, 2.05) is 4.90 Å². The number of alkyl halides is 3. The molecule has 162 valence electrons. The molecule has 1 aliphatic heterocycles. The van der Waals surface area contributed by atoms with Gasteiger partial charge in [-0.15, -0.1) is 0 Å². The van der Waals surface area contributed by atoms with Gasteiger partial charge in [0.15, 0.2) is 0 Å². The number of aliphatic carboxylic acids is 1. The first-order valence-electron chi connectivity index (χ1n) is 9.68. The number of halogens is 3. The quantitative estimate of drug-likeness (QED) is 0.663. The number of aliphatic hydroxyl groups excluding tert-OH is 1. The molecule has 1 unspecified atom stereocenters. The molecule has 1 saturated heterocycles. The molecule has 1 fully saturated rings. The first kappa shape index (κ1) is 22.1. The van der Waals surface area contributed by atoms with Gasteiger partial charge in [-0.2, -0.15) is 13.2 Å². The van der Waals surface area contributed by atoms with Gasteiger partial charge < -0.3 is 14.9 Å². The summed E-state index contributed by atoms with van der Waals surface area (Å²) in [5, 5.41) is 18.7. The average Bonchev–Trinajstić information content (AvgIpc) is 2.65. The van der Waals surface area contributed by atoms with Crippen molar-refractivity contribution in [3.63, 3.8) is 0 Å². The van der Waals surface area contributed by atoms with Crippen molar-refractivity contribution in [3.8, 4) is 5.75 Å². The molecule has 30 heavy (non-hydrogen) atoms. The van der Waals surface area contributed by atoms with Crippen LogP contribution in [0.15, 0.2) is 48.5 Å². The largest absolute Gasteiger partial charge is 0.493 e. The first-order valence-corrected chi connectivity index (χ1v) is 9.68. The fourth-order valence-corrected chi connectivity index (χ4v) is 3.66. The van der Waals surface area contributed by atoms with Crippen molar-refractivity contribution in [1.29, 1.82) is 0 Å². The molecular formula is C22H24F3NO4. The fourth-order valence-electron chi connectivity index (χ4n) is 3.66. The zero-order valence-corrected chi connectivity index (χ0v) is 16.5. The minimum absolute atomic E-state index is 0.179. The second kappa shape index (κ2) is 9.06. The summed E-state index contributed by atoms with van der Waals surface area (Å²) in [6.07, 6.45) is -5.88. The van der Waals surface area contributed by atoms with Crippen LogP contribution in [0.4, 0.5) is 13.2 Å². The molecule has 0 saturated carbocycles. The normalized spacial score (nSPS) is 17.2. The minimum Gasteiger partial charge on any atom is -0.493 e. The molecule has 0 aromatic heterocycles. The molecule has 0 amide bonds. The summed E-state index contributed by atoms with van der Waals surface area (Å²) in [7, 11) is 0. The number of nitrogens with zero attached hydrogens (tertiary/aromatic N) is 1. The highest BCUT2D eigenvalue weighted by Crippen LogP contribution is 2.38. The summed E-state index contributed by atoms with van der Waals surface area (Å²) in [4.78, 5) is 12.7. The van der Waals surface area contributed by atoms with Gasteiger partial charge in [-0.3, -0.25) is 9.69 Å². The van der Waals surface area contributed by atoms with Gasteiger partial charge in [0, 0.05) is 25.0 Å². The van der Waals surface area contributed by atoms with Gasteiger partial charge in [-0.25, -0.2) is 0 Å². The van der Waals surface area contributed by atoms with E-state index in [1.165, 1.54) is 12.1 Å². The number of carboxylic acids is 1. The molecule has 2 atom stereocenters.